The summed E-state index contributed by atoms with van der Waals surface area (Å²) in [6.45, 7) is 4.32. The lowest BCUT2D eigenvalue weighted by molar-refractivity contribution is 0.151. The van der Waals surface area contributed by atoms with Gasteiger partial charge < -0.3 is 14.8 Å². The Hall–Kier alpha value is -2.30. The van der Waals surface area contributed by atoms with Crippen LogP contribution < -0.4 is 5.32 Å². The molecule has 0 saturated carbocycles. The number of piperidine rings is 1. The Morgan fingerprint density at radius 2 is 2.12 bits per heavy atom. The number of benzene rings is 1. The number of carbonyl (C=O) groups is 1. The van der Waals surface area contributed by atoms with Gasteiger partial charge in [-0.05, 0) is 23.8 Å². The summed E-state index contributed by atoms with van der Waals surface area (Å²) in [6, 6.07) is 10.7. The number of nitrogens with zero attached hydrogens (tertiary/aromatic N) is 3. The van der Waals surface area contributed by atoms with Crippen LogP contribution in [0.15, 0.2) is 42.7 Å². The van der Waals surface area contributed by atoms with E-state index in [1.807, 2.05) is 22.7 Å². The largest absolute Gasteiger partial charge is 0.337 e. The molecule has 2 amide bonds. The van der Waals surface area contributed by atoms with Gasteiger partial charge in [-0.25, -0.2) is 9.78 Å². The fourth-order valence-electron chi connectivity index (χ4n) is 3.60. The SMILES string of the molecule is CC[C@@H]1CN(C(=O)NCc2nccn2C)CC[C@@H]1c1ccccc1. The van der Waals surface area contributed by atoms with Gasteiger partial charge in [0.25, 0.3) is 0 Å². The van der Waals surface area contributed by atoms with Crippen molar-refractivity contribution in [2.45, 2.75) is 32.2 Å². The Morgan fingerprint density at radius 1 is 1.33 bits per heavy atom. The molecule has 128 valence electrons. The van der Waals surface area contributed by atoms with Gasteiger partial charge in [0.1, 0.15) is 5.82 Å². The molecule has 1 fully saturated rings. The number of carbonyl (C=O) groups excluding carboxylic acids is 1. The summed E-state index contributed by atoms with van der Waals surface area (Å²) in [4.78, 5) is 18.7. The van der Waals surface area contributed by atoms with Crippen molar-refractivity contribution in [3.05, 3.63) is 54.1 Å². The van der Waals surface area contributed by atoms with Gasteiger partial charge in [0, 0.05) is 32.5 Å². The van der Waals surface area contributed by atoms with Gasteiger partial charge in [0.15, 0.2) is 0 Å². The number of nitrogens with one attached hydrogen (secondary N) is 1. The molecule has 24 heavy (non-hydrogen) atoms. The van der Waals surface area contributed by atoms with Crippen LogP contribution in [0.1, 0.15) is 37.1 Å². The molecule has 2 aromatic rings. The first-order valence-corrected chi connectivity index (χ1v) is 8.73. The van der Waals surface area contributed by atoms with Crippen molar-refractivity contribution in [1.29, 1.82) is 0 Å². The van der Waals surface area contributed by atoms with E-state index in [4.69, 9.17) is 0 Å². The van der Waals surface area contributed by atoms with Crippen LogP contribution in [0.5, 0.6) is 0 Å². The Balaban J connectivity index is 1.59. The minimum Gasteiger partial charge on any atom is -0.337 e. The molecule has 3 rings (SSSR count). The van der Waals surface area contributed by atoms with E-state index < -0.39 is 0 Å². The Bertz CT molecular complexity index is 667. The maximum atomic E-state index is 12.5. The van der Waals surface area contributed by atoms with Gasteiger partial charge in [-0.15, -0.1) is 0 Å². The molecule has 2 atom stereocenters. The normalized spacial score (nSPS) is 20.8. The van der Waals surface area contributed by atoms with E-state index in [0.29, 0.717) is 18.4 Å². The molecule has 0 radical (unpaired) electrons. The molecule has 1 aliphatic heterocycles. The highest BCUT2D eigenvalue weighted by molar-refractivity contribution is 5.74. The average molecular weight is 326 g/mol. The summed E-state index contributed by atoms with van der Waals surface area (Å²) >= 11 is 0. The second-order valence-electron chi connectivity index (χ2n) is 6.53. The zero-order chi connectivity index (χ0) is 16.9. The maximum Gasteiger partial charge on any atom is 0.317 e. The van der Waals surface area contributed by atoms with E-state index in [0.717, 1.165) is 31.8 Å². The molecule has 1 aliphatic rings. The summed E-state index contributed by atoms with van der Waals surface area (Å²) in [5.74, 6) is 1.93. The average Bonchev–Trinajstić information content (AvgIpc) is 3.04. The number of imidazole rings is 1. The molecule has 2 heterocycles. The highest BCUT2D eigenvalue weighted by Crippen LogP contribution is 2.34. The Kier molecular flexibility index (Phi) is 5.18. The first-order chi connectivity index (χ1) is 11.7. The van der Waals surface area contributed by atoms with Gasteiger partial charge in [-0.3, -0.25) is 0 Å². The van der Waals surface area contributed by atoms with Gasteiger partial charge in [0.05, 0.1) is 6.54 Å². The minimum atomic E-state index is 0.0166. The Labute approximate surface area is 143 Å². The van der Waals surface area contributed by atoms with Crippen LogP contribution in [-0.4, -0.2) is 33.6 Å². The molecule has 5 nitrogen and oxygen atoms in total. The zero-order valence-corrected chi connectivity index (χ0v) is 14.5. The van der Waals surface area contributed by atoms with Crippen LogP contribution in [0.25, 0.3) is 0 Å². The second kappa shape index (κ2) is 7.51. The third kappa shape index (κ3) is 3.61. The van der Waals surface area contributed by atoms with E-state index in [-0.39, 0.29) is 6.03 Å². The Morgan fingerprint density at radius 3 is 2.79 bits per heavy atom. The fraction of sp³-hybridized carbons (Fsp3) is 0.474. The molecule has 1 aromatic carbocycles. The smallest absolute Gasteiger partial charge is 0.317 e. The fourth-order valence-corrected chi connectivity index (χ4v) is 3.60. The third-order valence-corrected chi connectivity index (χ3v) is 5.09. The van der Waals surface area contributed by atoms with Crippen LogP contribution in [-0.2, 0) is 13.6 Å². The van der Waals surface area contributed by atoms with Gasteiger partial charge in [0.2, 0.25) is 0 Å². The quantitative estimate of drug-likeness (QED) is 0.938. The topological polar surface area (TPSA) is 50.2 Å². The number of likely N-dealkylation sites (tertiary alicyclic amines) is 1. The van der Waals surface area contributed by atoms with Crippen LogP contribution in [0.4, 0.5) is 4.79 Å². The van der Waals surface area contributed by atoms with E-state index in [1.165, 1.54) is 5.56 Å². The molecule has 0 bridgehead atoms. The summed E-state index contributed by atoms with van der Waals surface area (Å²) in [7, 11) is 1.94. The van der Waals surface area contributed by atoms with Crippen molar-refractivity contribution in [2.24, 2.45) is 13.0 Å². The van der Waals surface area contributed by atoms with Gasteiger partial charge >= 0.3 is 6.03 Å². The second-order valence-corrected chi connectivity index (χ2v) is 6.53. The van der Waals surface area contributed by atoms with E-state index >= 15 is 0 Å². The van der Waals surface area contributed by atoms with E-state index in [9.17, 15) is 4.79 Å². The first kappa shape index (κ1) is 16.6. The summed E-state index contributed by atoms with van der Waals surface area (Å²) in [5, 5.41) is 3.00. The van der Waals surface area contributed by atoms with Crippen molar-refractivity contribution in [2.75, 3.05) is 13.1 Å². The number of urea groups is 1. The number of rotatable bonds is 4. The molecular weight excluding hydrogens is 300 g/mol. The zero-order valence-electron chi connectivity index (χ0n) is 14.5. The summed E-state index contributed by atoms with van der Waals surface area (Å²) < 4.78 is 1.93. The highest BCUT2D eigenvalue weighted by Gasteiger charge is 2.31. The molecule has 0 aliphatic carbocycles. The van der Waals surface area contributed by atoms with Crippen LogP contribution in [0.2, 0.25) is 0 Å². The van der Waals surface area contributed by atoms with Gasteiger partial charge in [-0.1, -0.05) is 43.7 Å². The number of hydrogen-bond acceptors (Lipinski definition) is 2. The molecule has 0 spiro atoms. The van der Waals surface area contributed by atoms with Gasteiger partial charge in [-0.2, -0.15) is 0 Å². The van der Waals surface area contributed by atoms with Crippen molar-refractivity contribution >= 4 is 6.03 Å². The van der Waals surface area contributed by atoms with Crippen molar-refractivity contribution < 1.29 is 4.79 Å². The molecule has 1 saturated heterocycles. The van der Waals surface area contributed by atoms with Crippen molar-refractivity contribution in [1.82, 2.24) is 19.8 Å². The molecule has 0 unspecified atom stereocenters. The highest BCUT2D eigenvalue weighted by atomic mass is 16.2. The van der Waals surface area contributed by atoms with E-state index in [1.54, 1.807) is 6.20 Å². The first-order valence-electron chi connectivity index (χ1n) is 8.73. The lowest BCUT2D eigenvalue weighted by Gasteiger charge is -2.38. The molecule has 1 N–H and O–H groups in total. The maximum absolute atomic E-state index is 12.5. The van der Waals surface area contributed by atoms with Crippen molar-refractivity contribution in [3.63, 3.8) is 0 Å². The summed E-state index contributed by atoms with van der Waals surface area (Å²) in [6.07, 6.45) is 5.75. The lowest BCUT2D eigenvalue weighted by atomic mass is 9.79. The lowest BCUT2D eigenvalue weighted by Crippen LogP contribution is -2.47. The van der Waals surface area contributed by atoms with Crippen LogP contribution in [0.3, 0.4) is 0 Å². The number of aromatic nitrogens is 2. The molecular formula is C19H26N4O. The van der Waals surface area contributed by atoms with E-state index in [2.05, 4.69) is 47.6 Å². The number of amides is 2. The number of hydrogen-bond donors (Lipinski definition) is 1. The standard InChI is InChI=1S/C19H26N4O/c1-3-15-14-23(11-9-17(15)16-7-5-4-6-8-16)19(24)21-13-18-20-10-12-22(18)2/h4-8,10,12,15,17H,3,9,11,13-14H2,1-2H3,(H,21,24)/t15-,17+/m1/s1. The number of aryl methyl sites for hydroxylation is 1. The monoisotopic (exact) mass is 326 g/mol. The summed E-state index contributed by atoms with van der Waals surface area (Å²) in [5.41, 5.74) is 1.40. The molecule has 1 aromatic heterocycles. The van der Waals surface area contributed by atoms with Crippen LogP contribution >= 0.6 is 0 Å². The molecule has 5 heteroatoms. The predicted octanol–water partition coefficient (Wildman–Crippen LogP) is 3.15. The predicted molar refractivity (Wildman–Crippen MR) is 94.6 cm³/mol. The van der Waals surface area contributed by atoms with Crippen molar-refractivity contribution in [3.8, 4) is 0 Å². The van der Waals surface area contributed by atoms with Crippen LogP contribution in [0, 0.1) is 5.92 Å². The third-order valence-electron chi connectivity index (χ3n) is 5.09. The minimum absolute atomic E-state index is 0.0166.